The maximum atomic E-state index is 12.8. The molecule has 126 valence electrons. The number of piperidine rings is 1. The standard InChI is InChI=1S/C18H25NO4/c1-18(21)7-9-19(10-8-18)17(20)15-6-5-14(22-2)11-16(15)23-12-13-3-4-13/h5-6,11,13,21H,3-4,7-10,12H2,1-2H3. The van der Waals surface area contributed by atoms with Crippen LogP contribution in [0.15, 0.2) is 18.2 Å². The van der Waals surface area contributed by atoms with E-state index in [-0.39, 0.29) is 5.91 Å². The van der Waals surface area contributed by atoms with Crippen LogP contribution in [0, 0.1) is 5.92 Å². The third-order valence-corrected chi connectivity index (χ3v) is 4.72. The molecular weight excluding hydrogens is 294 g/mol. The van der Waals surface area contributed by atoms with Crippen LogP contribution in [-0.2, 0) is 0 Å². The summed E-state index contributed by atoms with van der Waals surface area (Å²) in [7, 11) is 1.61. The van der Waals surface area contributed by atoms with Crippen LogP contribution in [0.2, 0.25) is 0 Å². The van der Waals surface area contributed by atoms with Gasteiger partial charge in [0.25, 0.3) is 5.91 Å². The van der Waals surface area contributed by atoms with Crippen molar-refractivity contribution in [3.8, 4) is 11.5 Å². The molecule has 0 spiro atoms. The molecular formula is C18H25NO4. The van der Waals surface area contributed by atoms with Crippen LogP contribution in [0.3, 0.4) is 0 Å². The molecule has 1 aliphatic heterocycles. The van der Waals surface area contributed by atoms with Gasteiger partial charge in [0.1, 0.15) is 11.5 Å². The minimum Gasteiger partial charge on any atom is -0.497 e. The van der Waals surface area contributed by atoms with E-state index in [4.69, 9.17) is 9.47 Å². The third-order valence-electron chi connectivity index (χ3n) is 4.72. The van der Waals surface area contributed by atoms with Gasteiger partial charge in [-0.3, -0.25) is 4.79 Å². The van der Waals surface area contributed by atoms with E-state index in [1.54, 1.807) is 30.2 Å². The number of carbonyl (C=O) groups is 1. The van der Waals surface area contributed by atoms with Crippen molar-refractivity contribution in [2.24, 2.45) is 5.92 Å². The second kappa shape index (κ2) is 6.40. The van der Waals surface area contributed by atoms with Crippen LogP contribution in [0.5, 0.6) is 11.5 Å². The maximum Gasteiger partial charge on any atom is 0.257 e. The molecule has 1 heterocycles. The Morgan fingerprint density at radius 1 is 1.35 bits per heavy atom. The summed E-state index contributed by atoms with van der Waals surface area (Å²) in [5.41, 5.74) is -0.0878. The molecule has 2 aliphatic rings. The Labute approximate surface area is 137 Å². The summed E-state index contributed by atoms with van der Waals surface area (Å²) in [5.74, 6) is 1.87. The summed E-state index contributed by atoms with van der Waals surface area (Å²) in [4.78, 5) is 14.6. The van der Waals surface area contributed by atoms with Gasteiger partial charge in [0.05, 0.1) is 24.9 Å². The number of methoxy groups -OCH3 is 1. The number of nitrogens with zero attached hydrogens (tertiary/aromatic N) is 1. The van der Waals surface area contributed by atoms with Crippen molar-refractivity contribution < 1.29 is 19.4 Å². The van der Waals surface area contributed by atoms with Gasteiger partial charge in [-0.1, -0.05) is 0 Å². The number of rotatable bonds is 5. The van der Waals surface area contributed by atoms with E-state index in [1.807, 2.05) is 6.92 Å². The molecule has 1 aliphatic carbocycles. The molecule has 1 amide bonds. The number of benzene rings is 1. The van der Waals surface area contributed by atoms with Crippen molar-refractivity contribution in [3.63, 3.8) is 0 Å². The fourth-order valence-corrected chi connectivity index (χ4v) is 2.78. The van der Waals surface area contributed by atoms with Crippen molar-refractivity contribution in [3.05, 3.63) is 23.8 Å². The first kappa shape index (κ1) is 16.1. The highest BCUT2D eigenvalue weighted by atomic mass is 16.5. The summed E-state index contributed by atoms with van der Waals surface area (Å²) >= 11 is 0. The van der Waals surface area contributed by atoms with Crippen LogP contribution < -0.4 is 9.47 Å². The average molecular weight is 319 g/mol. The Hall–Kier alpha value is -1.75. The second-order valence-corrected chi connectivity index (χ2v) is 6.91. The molecule has 0 atom stereocenters. The number of amides is 1. The van der Waals surface area contributed by atoms with Gasteiger partial charge in [0, 0.05) is 19.2 Å². The number of hydrogen-bond acceptors (Lipinski definition) is 4. The van der Waals surface area contributed by atoms with Gasteiger partial charge in [0.15, 0.2) is 0 Å². The first-order valence-electron chi connectivity index (χ1n) is 8.31. The Kier molecular flexibility index (Phi) is 4.48. The van der Waals surface area contributed by atoms with E-state index in [0.29, 0.717) is 55.5 Å². The van der Waals surface area contributed by atoms with Crippen LogP contribution in [0.1, 0.15) is 43.0 Å². The SMILES string of the molecule is COc1ccc(C(=O)N2CCC(C)(O)CC2)c(OCC2CC2)c1. The van der Waals surface area contributed by atoms with Gasteiger partial charge < -0.3 is 19.5 Å². The van der Waals surface area contributed by atoms with Gasteiger partial charge >= 0.3 is 0 Å². The van der Waals surface area contributed by atoms with Crippen LogP contribution >= 0.6 is 0 Å². The van der Waals surface area contributed by atoms with Gasteiger partial charge in [0.2, 0.25) is 0 Å². The lowest BCUT2D eigenvalue weighted by Crippen LogP contribution is -2.45. The van der Waals surface area contributed by atoms with E-state index in [1.165, 1.54) is 12.8 Å². The fourth-order valence-electron chi connectivity index (χ4n) is 2.78. The quantitative estimate of drug-likeness (QED) is 0.906. The van der Waals surface area contributed by atoms with Gasteiger partial charge in [-0.25, -0.2) is 0 Å². The largest absolute Gasteiger partial charge is 0.497 e. The van der Waals surface area contributed by atoms with Gasteiger partial charge in [-0.15, -0.1) is 0 Å². The average Bonchev–Trinajstić information content (AvgIpc) is 3.36. The molecule has 1 saturated carbocycles. The lowest BCUT2D eigenvalue weighted by molar-refractivity contribution is -0.00211. The van der Waals surface area contributed by atoms with Crippen molar-refractivity contribution in [1.29, 1.82) is 0 Å². The first-order chi connectivity index (χ1) is 11.0. The number of aliphatic hydroxyl groups is 1. The fraction of sp³-hybridized carbons (Fsp3) is 0.611. The summed E-state index contributed by atoms with van der Waals surface area (Å²) in [6.45, 7) is 3.62. The molecule has 5 nitrogen and oxygen atoms in total. The summed E-state index contributed by atoms with van der Waals surface area (Å²) in [6, 6.07) is 5.35. The monoisotopic (exact) mass is 319 g/mol. The lowest BCUT2D eigenvalue weighted by atomic mass is 9.93. The zero-order valence-corrected chi connectivity index (χ0v) is 13.9. The first-order valence-corrected chi connectivity index (χ1v) is 8.31. The van der Waals surface area contributed by atoms with E-state index in [2.05, 4.69) is 0 Å². The van der Waals surface area contributed by atoms with Crippen LogP contribution in [-0.4, -0.2) is 48.3 Å². The molecule has 0 bridgehead atoms. The molecule has 2 fully saturated rings. The highest BCUT2D eigenvalue weighted by Crippen LogP contribution is 2.33. The topological polar surface area (TPSA) is 59.0 Å². The molecule has 1 saturated heterocycles. The van der Waals surface area contributed by atoms with E-state index in [9.17, 15) is 9.90 Å². The summed E-state index contributed by atoms with van der Waals surface area (Å²) < 4.78 is 11.1. The van der Waals surface area contributed by atoms with Crippen LogP contribution in [0.25, 0.3) is 0 Å². The molecule has 1 aromatic rings. The minimum absolute atomic E-state index is 0.0334. The Bertz CT molecular complexity index is 570. The molecule has 0 unspecified atom stereocenters. The Morgan fingerprint density at radius 3 is 2.65 bits per heavy atom. The normalized spacial score (nSPS) is 20.2. The van der Waals surface area contributed by atoms with Crippen LogP contribution in [0.4, 0.5) is 0 Å². The highest BCUT2D eigenvalue weighted by Gasteiger charge is 2.31. The predicted octanol–water partition coefficient (Wildman–Crippen LogP) is 2.47. The maximum absolute atomic E-state index is 12.8. The molecule has 1 aromatic carbocycles. The number of hydrogen-bond donors (Lipinski definition) is 1. The summed E-state index contributed by atoms with van der Waals surface area (Å²) in [6.07, 6.45) is 3.61. The number of ether oxygens (including phenoxy) is 2. The molecule has 1 N–H and O–H groups in total. The van der Waals surface area contributed by atoms with Gasteiger partial charge in [-0.2, -0.15) is 0 Å². The molecule has 23 heavy (non-hydrogen) atoms. The van der Waals surface area contributed by atoms with E-state index in [0.717, 1.165) is 0 Å². The van der Waals surface area contributed by atoms with Gasteiger partial charge in [-0.05, 0) is 50.7 Å². The van der Waals surface area contributed by atoms with Crippen molar-refractivity contribution >= 4 is 5.91 Å². The zero-order valence-electron chi connectivity index (χ0n) is 13.9. The van der Waals surface area contributed by atoms with Crippen molar-refractivity contribution in [2.75, 3.05) is 26.8 Å². The third kappa shape index (κ3) is 3.96. The molecule has 0 radical (unpaired) electrons. The second-order valence-electron chi connectivity index (χ2n) is 6.91. The predicted molar refractivity (Wildman–Crippen MR) is 87.0 cm³/mol. The van der Waals surface area contributed by atoms with Crippen molar-refractivity contribution in [1.82, 2.24) is 4.90 Å². The minimum atomic E-state index is -0.665. The van der Waals surface area contributed by atoms with E-state index >= 15 is 0 Å². The Morgan fingerprint density at radius 2 is 2.04 bits per heavy atom. The van der Waals surface area contributed by atoms with Crippen molar-refractivity contribution in [2.45, 2.75) is 38.2 Å². The lowest BCUT2D eigenvalue weighted by Gasteiger charge is -2.36. The Balaban J connectivity index is 1.75. The summed E-state index contributed by atoms with van der Waals surface area (Å²) in [5, 5.41) is 10.0. The molecule has 0 aromatic heterocycles. The number of likely N-dealkylation sites (tertiary alicyclic amines) is 1. The molecule has 3 rings (SSSR count). The molecule has 5 heteroatoms. The highest BCUT2D eigenvalue weighted by molar-refractivity contribution is 5.97. The number of carbonyl (C=O) groups excluding carboxylic acids is 1. The van der Waals surface area contributed by atoms with E-state index < -0.39 is 5.60 Å². The zero-order chi connectivity index (χ0) is 16.4. The smallest absolute Gasteiger partial charge is 0.257 e.